The zero-order chi connectivity index (χ0) is 18.8. The van der Waals surface area contributed by atoms with Crippen LogP contribution in [0.3, 0.4) is 0 Å². The maximum absolute atomic E-state index is 13.3. The van der Waals surface area contributed by atoms with Crippen molar-refractivity contribution in [3.05, 3.63) is 47.0 Å². The van der Waals surface area contributed by atoms with Gasteiger partial charge in [-0.05, 0) is 86.9 Å². The fourth-order valence-electron chi connectivity index (χ4n) is 8.17. The minimum atomic E-state index is 0.222. The van der Waals surface area contributed by atoms with Crippen LogP contribution >= 0.6 is 0 Å². The van der Waals surface area contributed by atoms with E-state index in [1.807, 2.05) is 35.9 Å². The first-order valence-electron chi connectivity index (χ1n) is 11.2. The smallest absolute Gasteiger partial charge is 0.166 e. The second-order valence-electron chi connectivity index (χ2n) is 10.5. The van der Waals surface area contributed by atoms with Crippen molar-refractivity contribution < 1.29 is 4.79 Å². The van der Waals surface area contributed by atoms with Gasteiger partial charge in [0.15, 0.2) is 5.78 Å². The highest BCUT2D eigenvalue weighted by Crippen LogP contribution is 2.68. The van der Waals surface area contributed by atoms with E-state index in [1.54, 1.807) is 5.57 Å². The zero-order valence-corrected chi connectivity index (χ0v) is 17.3. The van der Waals surface area contributed by atoms with E-state index in [9.17, 15) is 4.79 Å². The van der Waals surface area contributed by atoms with Crippen LogP contribution in [0.1, 0.15) is 82.5 Å². The topological polar surface area (TPSA) is 17.1 Å². The van der Waals surface area contributed by atoms with E-state index in [1.165, 1.54) is 44.9 Å². The van der Waals surface area contributed by atoms with Crippen molar-refractivity contribution in [3.63, 3.8) is 0 Å². The Morgan fingerprint density at radius 2 is 1.70 bits per heavy atom. The molecule has 1 nitrogen and oxygen atoms in total. The summed E-state index contributed by atoms with van der Waals surface area (Å²) in [6.45, 7) is 7.44. The lowest BCUT2D eigenvalue weighted by atomic mass is 9.48. The number of hydrogen-bond donors (Lipinski definition) is 0. The Morgan fingerprint density at radius 1 is 0.926 bits per heavy atom. The average Bonchev–Trinajstić information content (AvgIpc) is 3.18. The van der Waals surface area contributed by atoms with E-state index in [4.69, 9.17) is 0 Å². The summed E-state index contributed by atoms with van der Waals surface area (Å²) in [6, 6.07) is 10.1. The third kappa shape index (κ3) is 2.39. The first kappa shape index (κ1) is 17.7. The molecule has 1 aromatic carbocycles. The normalized spacial score (nSPS) is 43.2. The molecule has 0 radical (unpaired) electrons. The van der Waals surface area contributed by atoms with Gasteiger partial charge in [-0.25, -0.2) is 0 Å². The average molecular weight is 363 g/mol. The van der Waals surface area contributed by atoms with Gasteiger partial charge in [0, 0.05) is 11.5 Å². The molecular weight excluding hydrogens is 328 g/mol. The van der Waals surface area contributed by atoms with Crippen LogP contribution in [0, 0.1) is 34.5 Å². The molecule has 0 saturated heterocycles. The van der Waals surface area contributed by atoms with E-state index in [-0.39, 0.29) is 11.3 Å². The molecule has 0 amide bonds. The van der Waals surface area contributed by atoms with Crippen LogP contribution in [0.25, 0.3) is 0 Å². The molecule has 0 spiro atoms. The molecule has 27 heavy (non-hydrogen) atoms. The van der Waals surface area contributed by atoms with Crippen molar-refractivity contribution in [2.45, 2.75) is 72.1 Å². The molecule has 0 bridgehead atoms. The van der Waals surface area contributed by atoms with Crippen molar-refractivity contribution in [3.8, 4) is 0 Å². The number of allylic oxidation sites excluding steroid dienone is 2. The molecule has 3 saturated carbocycles. The highest BCUT2D eigenvalue weighted by Gasteiger charge is 2.60. The molecule has 1 heteroatoms. The van der Waals surface area contributed by atoms with Crippen LogP contribution < -0.4 is 0 Å². The van der Waals surface area contributed by atoms with Gasteiger partial charge >= 0.3 is 0 Å². The van der Waals surface area contributed by atoms with Gasteiger partial charge in [-0.15, -0.1) is 0 Å². The fourth-order valence-corrected chi connectivity index (χ4v) is 8.17. The summed E-state index contributed by atoms with van der Waals surface area (Å²) in [6.07, 6.45) is 10.4. The van der Waals surface area contributed by atoms with Crippen molar-refractivity contribution in [1.29, 1.82) is 0 Å². The lowest BCUT2D eigenvalue weighted by Crippen LogP contribution is -2.49. The molecule has 0 heterocycles. The lowest BCUT2D eigenvalue weighted by molar-refractivity contribution is -0.0412. The van der Waals surface area contributed by atoms with Crippen LogP contribution in [0.15, 0.2) is 41.5 Å². The number of fused-ring (bicyclic) bond motifs is 5. The third-order valence-electron chi connectivity index (χ3n) is 9.58. The van der Waals surface area contributed by atoms with Gasteiger partial charge in [0.25, 0.3) is 0 Å². The molecule has 5 rings (SSSR count). The van der Waals surface area contributed by atoms with E-state index < -0.39 is 0 Å². The standard InChI is InChI=1S/C26H34O/c1-17-13-15-25(2)20(17)10-9-19-21-11-12-23(26(21,3)16-14-22(19)25)24(27)18-7-5-4-6-8-18/h4-8,19,21-23H,9-16H2,1-3H3. The van der Waals surface area contributed by atoms with Crippen molar-refractivity contribution in [1.82, 2.24) is 0 Å². The lowest BCUT2D eigenvalue weighted by Gasteiger charge is -2.56. The van der Waals surface area contributed by atoms with Gasteiger partial charge in [0.1, 0.15) is 0 Å². The van der Waals surface area contributed by atoms with Crippen LogP contribution in [-0.2, 0) is 0 Å². The van der Waals surface area contributed by atoms with Crippen LogP contribution in [0.2, 0.25) is 0 Å². The number of carbonyl (C=O) groups excluding carboxylic acids is 1. The molecule has 0 aromatic heterocycles. The molecule has 6 unspecified atom stereocenters. The Morgan fingerprint density at radius 3 is 2.48 bits per heavy atom. The van der Waals surface area contributed by atoms with Crippen LogP contribution in [-0.4, -0.2) is 5.78 Å². The van der Waals surface area contributed by atoms with E-state index in [2.05, 4.69) is 20.8 Å². The molecule has 3 fully saturated rings. The maximum atomic E-state index is 13.3. The molecular formula is C26H34O. The largest absolute Gasteiger partial charge is 0.294 e. The second-order valence-corrected chi connectivity index (χ2v) is 10.5. The van der Waals surface area contributed by atoms with Gasteiger partial charge in [0.2, 0.25) is 0 Å². The first-order valence-corrected chi connectivity index (χ1v) is 11.2. The fraction of sp³-hybridized carbons (Fsp3) is 0.654. The van der Waals surface area contributed by atoms with E-state index in [0.29, 0.717) is 11.2 Å². The number of carbonyl (C=O) groups is 1. The van der Waals surface area contributed by atoms with E-state index in [0.717, 1.165) is 29.7 Å². The molecule has 6 atom stereocenters. The SMILES string of the molecule is CC1=C2CCC3C(CCC4(C)C(C(=O)c5ccccc5)CCC34)C2(C)CC1. The zero-order valence-electron chi connectivity index (χ0n) is 17.3. The number of benzene rings is 1. The predicted octanol–water partition coefficient (Wildman–Crippen LogP) is 6.84. The van der Waals surface area contributed by atoms with Gasteiger partial charge in [0.05, 0.1) is 0 Å². The van der Waals surface area contributed by atoms with Gasteiger partial charge in [-0.2, -0.15) is 0 Å². The Hall–Kier alpha value is -1.37. The second kappa shape index (κ2) is 6.06. The molecule has 0 N–H and O–H groups in total. The number of hydrogen-bond acceptors (Lipinski definition) is 1. The molecule has 144 valence electrons. The summed E-state index contributed by atoms with van der Waals surface area (Å²) in [5.74, 6) is 3.12. The van der Waals surface area contributed by atoms with E-state index >= 15 is 0 Å². The summed E-state index contributed by atoms with van der Waals surface area (Å²) in [5, 5.41) is 0. The third-order valence-corrected chi connectivity index (χ3v) is 9.58. The van der Waals surface area contributed by atoms with Gasteiger partial charge < -0.3 is 0 Å². The Bertz CT molecular complexity index is 790. The summed E-state index contributed by atoms with van der Waals surface area (Å²) < 4.78 is 0. The Labute approximate surface area is 164 Å². The van der Waals surface area contributed by atoms with Crippen molar-refractivity contribution in [2.24, 2.45) is 34.5 Å². The minimum absolute atomic E-state index is 0.222. The molecule has 0 aliphatic heterocycles. The number of rotatable bonds is 2. The summed E-state index contributed by atoms with van der Waals surface area (Å²) in [4.78, 5) is 13.3. The number of ketones is 1. The molecule has 4 aliphatic rings. The summed E-state index contributed by atoms with van der Waals surface area (Å²) in [5.41, 5.74) is 5.14. The van der Waals surface area contributed by atoms with Crippen molar-refractivity contribution >= 4 is 5.78 Å². The Kier molecular flexibility index (Phi) is 3.98. The highest BCUT2D eigenvalue weighted by molar-refractivity contribution is 5.98. The predicted molar refractivity (Wildman–Crippen MR) is 111 cm³/mol. The monoisotopic (exact) mass is 362 g/mol. The Balaban J connectivity index is 1.44. The molecule has 4 aliphatic carbocycles. The molecule has 1 aromatic rings. The van der Waals surface area contributed by atoms with Gasteiger partial charge in [-0.3, -0.25) is 4.79 Å². The van der Waals surface area contributed by atoms with Gasteiger partial charge in [-0.1, -0.05) is 55.3 Å². The minimum Gasteiger partial charge on any atom is -0.294 e. The number of Topliss-reactive ketones (excluding diaryl/α,β-unsaturated/α-hetero) is 1. The van der Waals surface area contributed by atoms with Crippen LogP contribution in [0.5, 0.6) is 0 Å². The quantitative estimate of drug-likeness (QED) is 0.416. The highest BCUT2D eigenvalue weighted by atomic mass is 16.1. The first-order chi connectivity index (χ1) is 12.9. The van der Waals surface area contributed by atoms with Crippen molar-refractivity contribution in [2.75, 3.05) is 0 Å². The van der Waals surface area contributed by atoms with Crippen LogP contribution in [0.4, 0.5) is 0 Å². The summed E-state index contributed by atoms with van der Waals surface area (Å²) >= 11 is 0. The maximum Gasteiger partial charge on any atom is 0.166 e. The summed E-state index contributed by atoms with van der Waals surface area (Å²) in [7, 11) is 0.